The molecular formula is C17H19BrClN. The molecule has 0 amide bonds. The zero-order valence-electron chi connectivity index (χ0n) is 11.8. The SMILES string of the molecule is Cc1cccc(CCNC(C)c2ccc(Br)cc2Cl)c1. The van der Waals surface area contributed by atoms with Gasteiger partial charge in [-0.2, -0.15) is 0 Å². The second-order valence-corrected chi connectivity index (χ2v) is 6.40. The quantitative estimate of drug-likeness (QED) is 0.769. The van der Waals surface area contributed by atoms with Crippen LogP contribution in [0.5, 0.6) is 0 Å². The molecular weight excluding hydrogens is 334 g/mol. The van der Waals surface area contributed by atoms with Crippen molar-refractivity contribution in [3.05, 3.63) is 68.7 Å². The fourth-order valence-corrected chi connectivity index (χ4v) is 3.10. The Bertz CT molecular complexity index is 583. The molecule has 2 aromatic carbocycles. The Labute approximate surface area is 134 Å². The van der Waals surface area contributed by atoms with Crippen molar-refractivity contribution < 1.29 is 0 Å². The first-order valence-corrected chi connectivity index (χ1v) is 7.97. The van der Waals surface area contributed by atoms with Gasteiger partial charge in [0.15, 0.2) is 0 Å². The maximum atomic E-state index is 6.27. The van der Waals surface area contributed by atoms with Crippen LogP contribution in [0.1, 0.15) is 29.7 Å². The molecule has 0 saturated carbocycles. The van der Waals surface area contributed by atoms with Gasteiger partial charge in [-0.05, 0) is 50.1 Å². The molecule has 2 rings (SSSR count). The fourth-order valence-electron chi connectivity index (χ4n) is 2.26. The molecule has 2 aromatic rings. The lowest BCUT2D eigenvalue weighted by atomic mass is 10.1. The Balaban J connectivity index is 1.90. The normalized spacial score (nSPS) is 12.4. The predicted octanol–water partition coefficient (Wildman–Crippen LogP) is 5.30. The van der Waals surface area contributed by atoms with Crippen molar-refractivity contribution in [1.29, 1.82) is 0 Å². The van der Waals surface area contributed by atoms with Crippen LogP contribution in [-0.4, -0.2) is 6.54 Å². The molecule has 0 aromatic heterocycles. The maximum Gasteiger partial charge on any atom is 0.0464 e. The van der Waals surface area contributed by atoms with Gasteiger partial charge >= 0.3 is 0 Å². The number of halogens is 2. The Morgan fingerprint density at radius 3 is 2.70 bits per heavy atom. The van der Waals surface area contributed by atoms with Crippen molar-refractivity contribution in [1.82, 2.24) is 5.32 Å². The lowest BCUT2D eigenvalue weighted by Gasteiger charge is -2.16. The van der Waals surface area contributed by atoms with Gasteiger partial charge < -0.3 is 5.32 Å². The Morgan fingerprint density at radius 2 is 2.00 bits per heavy atom. The first-order valence-electron chi connectivity index (χ1n) is 6.80. The van der Waals surface area contributed by atoms with Crippen molar-refractivity contribution in [2.75, 3.05) is 6.54 Å². The summed E-state index contributed by atoms with van der Waals surface area (Å²) in [6.45, 7) is 5.21. The lowest BCUT2D eigenvalue weighted by molar-refractivity contribution is 0.577. The van der Waals surface area contributed by atoms with Crippen LogP contribution >= 0.6 is 27.5 Å². The van der Waals surface area contributed by atoms with Gasteiger partial charge in [0.05, 0.1) is 0 Å². The van der Waals surface area contributed by atoms with E-state index in [-0.39, 0.29) is 6.04 Å². The highest BCUT2D eigenvalue weighted by atomic mass is 79.9. The third kappa shape index (κ3) is 4.34. The van der Waals surface area contributed by atoms with E-state index >= 15 is 0 Å². The second-order valence-electron chi connectivity index (χ2n) is 5.08. The van der Waals surface area contributed by atoms with E-state index in [1.807, 2.05) is 12.1 Å². The molecule has 0 aliphatic carbocycles. The van der Waals surface area contributed by atoms with E-state index < -0.39 is 0 Å². The molecule has 1 nitrogen and oxygen atoms in total. The summed E-state index contributed by atoms with van der Waals surface area (Å²) in [5, 5.41) is 4.33. The molecule has 20 heavy (non-hydrogen) atoms. The predicted molar refractivity (Wildman–Crippen MR) is 90.5 cm³/mol. The Hall–Kier alpha value is -0.830. The summed E-state index contributed by atoms with van der Waals surface area (Å²) in [6, 6.07) is 14.9. The van der Waals surface area contributed by atoms with Crippen molar-refractivity contribution in [2.24, 2.45) is 0 Å². The molecule has 0 spiro atoms. The first-order chi connectivity index (χ1) is 9.56. The zero-order chi connectivity index (χ0) is 14.5. The summed E-state index contributed by atoms with van der Waals surface area (Å²) >= 11 is 9.70. The van der Waals surface area contributed by atoms with Crippen LogP contribution < -0.4 is 5.32 Å². The molecule has 1 N–H and O–H groups in total. The maximum absolute atomic E-state index is 6.27. The third-order valence-electron chi connectivity index (χ3n) is 3.38. The van der Waals surface area contributed by atoms with Gasteiger partial charge in [-0.25, -0.2) is 0 Å². The summed E-state index contributed by atoms with van der Waals surface area (Å²) in [5.74, 6) is 0. The zero-order valence-corrected chi connectivity index (χ0v) is 14.1. The summed E-state index contributed by atoms with van der Waals surface area (Å²) in [5.41, 5.74) is 3.82. The second kappa shape index (κ2) is 7.26. The number of aryl methyl sites for hydroxylation is 1. The van der Waals surface area contributed by atoms with Crippen LogP contribution in [0.25, 0.3) is 0 Å². The van der Waals surface area contributed by atoms with Gasteiger partial charge in [0.1, 0.15) is 0 Å². The number of hydrogen-bond acceptors (Lipinski definition) is 1. The highest BCUT2D eigenvalue weighted by Gasteiger charge is 2.09. The average molecular weight is 353 g/mol. The third-order valence-corrected chi connectivity index (χ3v) is 4.20. The Morgan fingerprint density at radius 1 is 1.20 bits per heavy atom. The van der Waals surface area contributed by atoms with Crippen molar-refractivity contribution in [3.8, 4) is 0 Å². The van der Waals surface area contributed by atoms with Crippen molar-refractivity contribution >= 4 is 27.5 Å². The molecule has 3 heteroatoms. The highest BCUT2D eigenvalue weighted by Crippen LogP contribution is 2.26. The fraction of sp³-hybridized carbons (Fsp3) is 0.294. The minimum Gasteiger partial charge on any atom is -0.310 e. The monoisotopic (exact) mass is 351 g/mol. The van der Waals surface area contributed by atoms with Crippen LogP contribution in [0.2, 0.25) is 5.02 Å². The minimum atomic E-state index is 0.250. The van der Waals surface area contributed by atoms with E-state index in [0.29, 0.717) is 0 Å². The van der Waals surface area contributed by atoms with E-state index in [1.165, 1.54) is 11.1 Å². The topological polar surface area (TPSA) is 12.0 Å². The molecule has 0 fully saturated rings. The van der Waals surface area contributed by atoms with E-state index in [2.05, 4.69) is 65.4 Å². The largest absolute Gasteiger partial charge is 0.310 e. The van der Waals surface area contributed by atoms with Gasteiger partial charge in [-0.15, -0.1) is 0 Å². The van der Waals surface area contributed by atoms with Crippen LogP contribution in [0.4, 0.5) is 0 Å². The molecule has 0 aliphatic rings. The van der Waals surface area contributed by atoms with Crippen LogP contribution in [0, 0.1) is 6.92 Å². The number of benzene rings is 2. The smallest absolute Gasteiger partial charge is 0.0464 e. The molecule has 0 bridgehead atoms. The minimum absolute atomic E-state index is 0.250. The molecule has 0 aliphatic heterocycles. The molecule has 106 valence electrons. The summed E-state index contributed by atoms with van der Waals surface area (Å²) in [7, 11) is 0. The number of rotatable bonds is 5. The highest BCUT2D eigenvalue weighted by molar-refractivity contribution is 9.10. The van der Waals surface area contributed by atoms with E-state index in [0.717, 1.165) is 28.0 Å². The molecule has 0 heterocycles. The molecule has 1 unspecified atom stereocenters. The van der Waals surface area contributed by atoms with Gasteiger partial charge in [0.2, 0.25) is 0 Å². The summed E-state index contributed by atoms with van der Waals surface area (Å²) < 4.78 is 1.01. The van der Waals surface area contributed by atoms with Crippen LogP contribution in [0.3, 0.4) is 0 Å². The first kappa shape index (κ1) is 15.6. The summed E-state index contributed by atoms with van der Waals surface area (Å²) in [6.07, 6.45) is 1.03. The molecule has 0 radical (unpaired) electrons. The van der Waals surface area contributed by atoms with Crippen LogP contribution in [0.15, 0.2) is 46.9 Å². The van der Waals surface area contributed by atoms with Crippen molar-refractivity contribution in [3.63, 3.8) is 0 Å². The molecule has 1 atom stereocenters. The lowest BCUT2D eigenvalue weighted by Crippen LogP contribution is -2.21. The van der Waals surface area contributed by atoms with Gasteiger partial charge in [0, 0.05) is 15.5 Å². The van der Waals surface area contributed by atoms with Gasteiger partial charge in [0.25, 0.3) is 0 Å². The Kier molecular flexibility index (Phi) is 5.64. The van der Waals surface area contributed by atoms with E-state index in [4.69, 9.17) is 11.6 Å². The number of nitrogens with one attached hydrogen (secondary N) is 1. The molecule has 0 saturated heterocycles. The average Bonchev–Trinajstić information content (AvgIpc) is 2.38. The van der Waals surface area contributed by atoms with E-state index in [1.54, 1.807) is 0 Å². The standard InChI is InChI=1S/C17H19BrClN/c1-12-4-3-5-14(10-12)8-9-20-13(2)16-7-6-15(18)11-17(16)19/h3-7,10-11,13,20H,8-9H2,1-2H3. The van der Waals surface area contributed by atoms with Crippen LogP contribution in [-0.2, 0) is 6.42 Å². The number of hydrogen-bond donors (Lipinski definition) is 1. The van der Waals surface area contributed by atoms with Crippen molar-refractivity contribution in [2.45, 2.75) is 26.3 Å². The van der Waals surface area contributed by atoms with Gasteiger partial charge in [-0.1, -0.05) is 63.4 Å². The van der Waals surface area contributed by atoms with Gasteiger partial charge in [-0.3, -0.25) is 0 Å². The summed E-state index contributed by atoms with van der Waals surface area (Å²) in [4.78, 5) is 0. The van der Waals surface area contributed by atoms with E-state index in [9.17, 15) is 0 Å².